The molecule has 2 fully saturated rings. The molecule has 170 valence electrons. The van der Waals surface area contributed by atoms with E-state index >= 15 is 0 Å². The van der Waals surface area contributed by atoms with Crippen LogP contribution in [0.25, 0.3) is 0 Å². The molecule has 1 saturated heterocycles. The zero-order valence-corrected chi connectivity index (χ0v) is 19.6. The van der Waals surface area contributed by atoms with Gasteiger partial charge in [0, 0.05) is 36.6 Å². The number of amides is 1. The normalized spacial score (nSPS) is 29.2. The molecule has 1 aliphatic carbocycles. The van der Waals surface area contributed by atoms with Gasteiger partial charge in [-0.1, -0.05) is 49.9 Å². The van der Waals surface area contributed by atoms with Crippen molar-refractivity contribution in [3.05, 3.63) is 53.2 Å². The van der Waals surface area contributed by atoms with Gasteiger partial charge in [0.15, 0.2) is 0 Å². The van der Waals surface area contributed by atoms with E-state index in [1.54, 1.807) is 0 Å². The number of hydrogen-bond acceptors (Lipinski definition) is 4. The topological polar surface area (TPSA) is 47.9 Å². The summed E-state index contributed by atoms with van der Waals surface area (Å²) in [6.07, 6.45) is 13.3. The van der Waals surface area contributed by atoms with Gasteiger partial charge in [-0.2, -0.15) is 0 Å². The van der Waals surface area contributed by atoms with Crippen LogP contribution < -0.4 is 10.2 Å². The highest BCUT2D eigenvalue weighted by molar-refractivity contribution is 6.33. The van der Waals surface area contributed by atoms with Crippen molar-refractivity contribution in [3.63, 3.8) is 0 Å². The summed E-state index contributed by atoms with van der Waals surface area (Å²) in [7, 11) is 0. The Kier molecular flexibility index (Phi) is 6.27. The highest BCUT2D eigenvalue weighted by Gasteiger charge is 2.39. The zero-order valence-electron chi connectivity index (χ0n) is 18.8. The fourth-order valence-electron chi connectivity index (χ4n) is 5.81. The number of anilines is 1. The molecule has 0 bridgehead atoms. The monoisotopic (exact) mass is 452 g/mol. The maximum atomic E-state index is 13.1. The molecule has 32 heavy (non-hydrogen) atoms. The second kappa shape index (κ2) is 9.30. The summed E-state index contributed by atoms with van der Waals surface area (Å²) < 4.78 is 0. The van der Waals surface area contributed by atoms with E-state index in [-0.39, 0.29) is 18.0 Å². The number of halogens is 1. The summed E-state index contributed by atoms with van der Waals surface area (Å²) in [5.74, 6) is 2.60. The predicted octanol–water partition coefficient (Wildman–Crippen LogP) is 4.83. The number of nitrogens with zero attached hydrogens (tertiary/aromatic N) is 3. The van der Waals surface area contributed by atoms with Crippen LogP contribution in [0.2, 0.25) is 0 Å². The molecule has 4 aliphatic rings. The highest BCUT2D eigenvalue weighted by Crippen LogP contribution is 2.37. The van der Waals surface area contributed by atoms with Gasteiger partial charge in [-0.3, -0.25) is 9.79 Å². The molecule has 0 aromatic heterocycles. The second-order valence-electron chi connectivity index (χ2n) is 9.58. The van der Waals surface area contributed by atoms with E-state index in [0.717, 1.165) is 29.7 Å². The van der Waals surface area contributed by atoms with Crippen LogP contribution in [0.15, 0.2) is 52.6 Å². The molecule has 1 saturated carbocycles. The fraction of sp³-hybridized carbons (Fsp3) is 0.538. The third-order valence-electron chi connectivity index (χ3n) is 7.63. The minimum absolute atomic E-state index is 0.00937. The van der Waals surface area contributed by atoms with Crippen molar-refractivity contribution in [3.8, 4) is 0 Å². The first-order chi connectivity index (χ1) is 15.6. The Morgan fingerprint density at radius 3 is 2.72 bits per heavy atom. The number of fused-ring (bicyclic) bond motifs is 2. The van der Waals surface area contributed by atoms with Gasteiger partial charge in [0.2, 0.25) is 5.91 Å². The zero-order chi connectivity index (χ0) is 22.1. The summed E-state index contributed by atoms with van der Waals surface area (Å²) in [5, 5.41) is 3.77. The average molecular weight is 453 g/mol. The number of allylic oxidation sites excluding steroid dienone is 2. The smallest absolute Gasteiger partial charge is 0.245 e. The summed E-state index contributed by atoms with van der Waals surface area (Å²) in [4.78, 5) is 22.2. The SMILES string of the molecule is CCC1N=C2C=C(Cl)C=CN2C1C(=O)NCc1ccc(N2CCC3CCCCC3C2)cc1. The van der Waals surface area contributed by atoms with E-state index in [4.69, 9.17) is 16.6 Å². The van der Waals surface area contributed by atoms with Crippen LogP contribution >= 0.6 is 11.6 Å². The van der Waals surface area contributed by atoms with Crippen molar-refractivity contribution in [2.24, 2.45) is 16.8 Å². The van der Waals surface area contributed by atoms with Gasteiger partial charge in [0.25, 0.3) is 0 Å². The minimum atomic E-state index is -0.316. The number of carbonyl (C=O) groups excluding carboxylic acids is 1. The van der Waals surface area contributed by atoms with E-state index < -0.39 is 0 Å². The summed E-state index contributed by atoms with van der Waals surface area (Å²) in [6.45, 7) is 4.96. The van der Waals surface area contributed by atoms with Crippen LogP contribution in [0.1, 0.15) is 51.0 Å². The Bertz CT molecular complexity index is 938. The Morgan fingerprint density at radius 1 is 1.16 bits per heavy atom. The van der Waals surface area contributed by atoms with Crippen molar-refractivity contribution in [2.45, 2.75) is 64.1 Å². The minimum Gasteiger partial charge on any atom is -0.371 e. The fourth-order valence-corrected chi connectivity index (χ4v) is 5.96. The molecule has 1 aromatic carbocycles. The third kappa shape index (κ3) is 4.32. The molecular weight excluding hydrogens is 420 g/mol. The summed E-state index contributed by atoms with van der Waals surface area (Å²) in [5.41, 5.74) is 2.44. The largest absolute Gasteiger partial charge is 0.371 e. The maximum Gasteiger partial charge on any atom is 0.245 e. The number of nitrogens with one attached hydrogen (secondary N) is 1. The molecule has 4 atom stereocenters. The van der Waals surface area contributed by atoms with Crippen molar-refractivity contribution in [1.82, 2.24) is 10.2 Å². The summed E-state index contributed by atoms with van der Waals surface area (Å²) in [6, 6.07) is 8.37. The molecule has 5 nitrogen and oxygen atoms in total. The van der Waals surface area contributed by atoms with Crippen LogP contribution in [0.3, 0.4) is 0 Å². The van der Waals surface area contributed by atoms with Crippen LogP contribution in [-0.4, -0.2) is 41.8 Å². The molecule has 3 aliphatic heterocycles. The molecule has 1 aromatic rings. The van der Waals surface area contributed by atoms with Crippen molar-refractivity contribution in [2.75, 3.05) is 18.0 Å². The summed E-state index contributed by atoms with van der Waals surface area (Å²) >= 11 is 6.11. The molecule has 0 spiro atoms. The molecule has 5 rings (SSSR count). The lowest BCUT2D eigenvalue weighted by atomic mass is 9.75. The number of benzene rings is 1. The van der Waals surface area contributed by atoms with E-state index in [2.05, 4.69) is 41.4 Å². The number of aliphatic imine (C=N–C) groups is 1. The molecule has 4 unspecified atom stereocenters. The lowest BCUT2D eigenvalue weighted by Gasteiger charge is -2.42. The number of amidine groups is 1. The van der Waals surface area contributed by atoms with Crippen LogP contribution in [0.4, 0.5) is 5.69 Å². The Labute approximate surface area is 196 Å². The van der Waals surface area contributed by atoms with Crippen LogP contribution in [0.5, 0.6) is 0 Å². The van der Waals surface area contributed by atoms with E-state index in [0.29, 0.717) is 11.6 Å². The first kappa shape index (κ1) is 21.6. The van der Waals surface area contributed by atoms with Gasteiger partial charge in [-0.25, -0.2) is 0 Å². The quantitative estimate of drug-likeness (QED) is 0.696. The van der Waals surface area contributed by atoms with Gasteiger partial charge in [0.05, 0.1) is 6.04 Å². The van der Waals surface area contributed by atoms with Crippen LogP contribution in [0, 0.1) is 11.8 Å². The molecule has 1 amide bonds. The van der Waals surface area contributed by atoms with Gasteiger partial charge < -0.3 is 15.1 Å². The van der Waals surface area contributed by atoms with Gasteiger partial charge >= 0.3 is 0 Å². The van der Waals surface area contributed by atoms with Crippen molar-refractivity contribution < 1.29 is 4.79 Å². The molecule has 1 N–H and O–H groups in total. The standard InChI is InChI=1S/C26H33ClN4O/c1-2-23-25(31-14-12-21(27)15-24(31)29-23)26(32)28-16-18-7-9-22(10-8-18)30-13-11-19-5-3-4-6-20(19)17-30/h7-10,12,14-15,19-20,23,25H,2-6,11,13,16-17H2,1H3,(H,28,32). The van der Waals surface area contributed by atoms with Gasteiger partial charge in [-0.15, -0.1) is 0 Å². The van der Waals surface area contributed by atoms with Gasteiger partial charge in [0.1, 0.15) is 11.9 Å². The first-order valence-corrected chi connectivity index (χ1v) is 12.5. The van der Waals surface area contributed by atoms with E-state index in [1.807, 2.05) is 23.3 Å². The van der Waals surface area contributed by atoms with Gasteiger partial charge in [-0.05, 0) is 60.9 Å². The highest BCUT2D eigenvalue weighted by atomic mass is 35.5. The number of rotatable bonds is 5. The molecule has 0 radical (unpaired) electrons. The van der Waals surface area contributed by atoms with Crippen molar-refractivity contribution >= 4 is 29.0 Å². The number of hydrogen-bond donors (Lipinski definition) is 1. The molecular formula is C26H33ClN4O. The average Bonchev–Trinajstić information content (AvgIpc) is 3.20. The molecule has 3 heterocycles. The number of carbonyl (C=O) groups is 1. The molecule has 6 heteroatoms. The van der Waals surface area contributed by atoms with Crippen LogP contribution in [-0.2, 0) is 11.3 Å². The van der Waals surface area contributed by atoms with E-state index in [9.17, 15) is 4.79 Å². The third-order valence-corrected chi connectivity index (χ3v) is 7.87. The second-order valence-corrected chi connectivity index (χ2v) is 10.0. The van der Waals surface area contributed by atoms with Crippen molar-refractivity contribution in [1.29, 1.82) is 0 Å². The Morgan fingerprint density at radius 2 is 1.94 bits per heavy atom. The number of piperidine rings is 1. The maximum absolute atomic E-state index is 13.1. The Balaban J connectivity index is 1.18. The lowest BCUT2D eigenvalue weighted by Crippen LogP contribution is -2.48. The Hall–Kier alpha value is -2.27. The predicted molar refractivity (Wildman–Crippen MR) is 131 cm³/mol. The first-order valence-electron chi connectivity index (χ1n) is 12.2. The lowest BCUT2D eigenvalue weighted by molar-refractivity contribution is -0.124. The van der Waals surface area contributed by atoms with E-state index in [1.165, 1.54) is 50.9 Å².